The number of nitrogens with one attached hydrogen (secondary N) is 1. The molecule has 0 aliphatic carbocycles. The summed E-state index contributed by atoms with van der Waals surface area (Å²) in [6, 6.07) is 16.9. The molecule has 2 aromatic carbocycles. The second-order valence-corrected chi connectivity index (χ2v) is 9.60. The SMILES string of the molecule is Cc1cc(C#N)cc(C)c1Oc1nc(NC2CCN(Cc3ccc(C(N)=O)cc3)CC2)c(C#N)cc1Cl. The fourth-order valence-corrected chi connectivity index (χ4v) is 4.66. The van der Waals surface area contributed by atoms with Crippen LogP contribution in [0.2, 0.25) is 5.02 Å². The Hall–Kier alpha value is -4.11. The van der Waals surface area contributed by atoms with Gasteiger partial charge in [-0.15, -0.1) is 0 Å². The molecule has 37 heavy (non-hydrogen) atoms. The zero-order valence-corrected chi connectivity index (χ0v) is 21.5. The smallest absolute Gasteiger partial charge is 0.248 e. The molecule has 3 N–H and O–H groups in total. The number of carbonyl (C=O) groups excluding carboxylic acids is 1. The van der Waals surface area contributed by atoms with Crippen LogP contribution in [0.4, 0.5) is 5.82 Å². The summed E-state index contributed by atoms with van der Waals surface area (Å²) in [5, 5.41) is 22.5. The van der Waals surface area contributed by atoms with Gasteiger partial charge in [0.25, 0.3) is 0 Å². The number of halogens is 1. The number of hydrogen-bond donors (Lipinski definition) is 2. The Bertz CT molecular complexity index is 1380. The van der Waals surface area contributed by atoms with Crippen LogP contribution in [0.3, 0.4) is 0 Å². The van der Waals surface area contributed by atoms with Gasteiger partial charge in [-0.25, -0.2) is 0 Å². The lowest BCUT2D eigenvalue weighted by Gasteiger charge is -2.32. The third-order valence-electron chi connectivity index (χ3n) is 6.43. The summed E-state index contributed by atoms with van der Waals surface area (Å²) in [6.07, 6.45) is 1.75. The Balaban J connectivity index is 1.43. The van der Waals surface area contributed by atoms with E-state index in [1.807, 2.05) is 26.0 Å². The number of hydrogen-bond acceptors (Lipinski definition) is 7. The molecule has 1 aliphatic rings. The molecule has 1 fully saturated rings. The van der Waals surface area contributed by atoms with E-state index in [0.717, 1.165) is 49.2 Å². The average Bonchev–Trinajstić information content (AvgIpc) is 2.88. The first-order chi connectivity index (χ1) is 17.8. The maximum absolute atomic E-state index is 11.3. The molecule has 9 heteroatoms. The van der Waals surface area contributed by atoms with Gasteiger partial charge in [-0.1, -0.05) is 23.7 Å². The molecule has 2 heterocycles. The zero-order valence-electron chi connectivity index (χ0n) is 20.7. The molecular formula is C28H27ClN6O2. The second-order valence-electron chi connectivity index (χ2n) is 9.19. The van der Waals surface area contributed by atoms with Crippen LogP contribution in [0.5, 0.6) is 11.6 Å². The molecule has 188 valence electrons. The highest BCUT2D eigenvalue weighted by atomic mass is 35.5. The van der Waals surface area contributed by atoms with Crippen LogP contribution in [0.1, 0.15) is 51.0 Å². The predicted molar refractivity (Wildman–Crippen MR) is 142 cm³/mol. The number of aromatic nitrogens is 1. The second kappa shape index (κ2) is 11.3. The summed E-state index contributed by atoms with van der Waals surface area (Å²) >= 11 is 6.41. The molecule has 0 saturated carbocycles. The molecule has 0 unspecified atom stereocenters. The number of benzene rings is 2. The van der Waals surface area contributed by atoms with Gasteiger partial charge < -0.3 is 15.8 Å². The lowest BCUT2D eigenvalue weighted by atomic mass is 10.0. The van der Waals surface area contributed by atoms with E-state index in [2.05, 4.69) is 27.3 Å². The number of carbonyl (C=O) groups is 1. The van der Waals surface area contributed by atoms with Gasteiger partial charge in [0.1, 0.15) is 22.7 Å². The molecule has 0 radical (unpaired) electrons. The van der Waals surface area contributed by atoms with E-state index >= 15 is 0 Å². The van der Waals surface area contributed by atoms with Crippen molar-refractivity contribution in [3.05, 3.63) is 80.9 Å². The van der Waals surface area contributed by atoms with Crippen molar-refractivity contribution in [2.45, 2.75) is 39.3 Å². The highest BCUT2D eigenvalue weighted by Gasteiger charge is 2.22. The molecule has 1 amide bonds. The minimum absolute atomic E-state index is 0.139. The summed E-state index contributed by atoms with van der Waals surface area (Å²) in [4.78, 5) is 18.2. The quantitative estimate of drug-likeness (QED) is 0.450. The van der Waals surface area contributed by atoms with Crippen molar-refractivity contribution in [2.24, 2.45) is 5.73 Å². The molecule has 4 rings (SSSR count). The van der Waals surface area contributed by atoms with Crippen LogP contribution >= 0.6 is 11.6 Å². The number of ether oxygens (including phenoxy) is 1. The van der Waals surface area contributed by atoms with E-state index in [9.17, 15) is 15.3 Å². The predicted octanol–water partition coefficient (Wildman–Crippen LogP) is 5.06. The number of primary amides is 1. The maximum Gasteiger partial charge on any atom is 0.248 e. The minimum Gasteiger partial charge on any atom is -0.437 e. The summed E-state index contributed by atoms with van der Waals surface area (Å²) in [5.41, 5.74) is 9.44. The van der Waals surface area contributed by atoms with Gasteiger partial charge in [0.2, 0.25) is 11.8 Å². The molecule has 1 aliphatic heterocycles. The van der Waals surface area contributed by atoms with Gasteiger partial charge in [0.05, 0.1) is 17.2 Å². The Morgan fingerprint density at radius 3 is 2.35 bits per heavy atom. The molecule has 0 bridgehead atoms. The number of pyridine rings is 1. The van der Waals surface area contributed by atoms with Crippen molar-refractivity contribution in [3.63, 3.8) is 0 Å². The van der Waals surface area contributed by atoms with Crippen molar-refractivity contribution in [2.75, 3.05) is 18.4 Å². The van der Waals surface area contributed by atoms with Gasteiger partial charge >= 0.3 is 0 Å². The van der Waals surface area contributed by atoms with E-state index in [4.69, 9.17) is 22.1 Å². The van der Waals surface area contributed by atoms with Crippen molar-refractivity contribution in [3.8, 4) is 23.8 Å². The first-order valence-corrected chi connectivity index (χ1v) is 12.3. The van der Waals surface area contributed by atoms with Crippen LogP contribution < -0.4 is 15.8 Å². The minimum atomic E-state index is -0.429. The highest BCUT2D eigenvalue weighted by molar-refractivity contribution is 6.32. The fourth-order valence-electron chi connectivity index (χ4n) is 4.47. The van der Waals surface area contributed by atoms with E-state index in [1.54, 1.807) is 30.3 Å². The molecule has 1 saturated heterocycles. The van der Waals surface area contributed by atoms with Gasteiger partial charge in [-0.2, -0.15) is 15.5 Å². The molecule has 0 atom stereocenters. The van der Waals surface area contributed by atoms with Crippen LogP contribution in [-0.4, -0.2) is 34.9 Å². The lowest BCUT2D eigenvalue weighted by Crippen LogP contribution is -2.39. The standard InChI is InChI=1S/C28H27ClN6O2/c1-17-11-20(14-30)12-18(2)25(17)37-28-24(29)13-22(15-31)27(34-28)33-23-7-9-35(10-8-23)16-19-3-5-21(6-4-19)26(32)36/h3-6,11-13,23H,7-10,16H2,1-2H3,(H2,32,36)(H,33,34). The van der Waals surface area contributed by atoms with E-state index in [0.29, 0.717) is 28.3 Å². The molecular weight excluding hydrogens is 488 g/mol. The number of nitrogens with two attached hydrogens (primary N) is 1. The number of amides is 1. The normalized spacial score (nSPS) is 14.0. The number of nitrogens with zero attached hydrogens (tertiary/aromatic N) is 4. The van der Waals surface area contributed by atoms with E-state index < -0.39 is 5.91 Å². The van der Waals surface area contributed by atoms with Crippen molar-refractivity contribution >= 4 is 23.3 Å². The Labute approximate surface area is 221 Å². The monoisotopic (exact) mass is 514 g/mol. The number of likely N-dealkylation sites (tertiary alicyclic amines) is 1. The van der Waals surface area contributed by atoms with Gasteiger partial charge in [-0.3, -0.25) is 9.69 Å². The third-order valence-corrected chi connectivity index (χ3v) is 6.70. The Morgan fingerprint density at radius 2 is 1.78 bits per heavy atom. The number of nitriles is 2. The van der Waals surface area contributed by atoms with Crippen LogP contribution in [0.25, 0.3) is 0 Å². The molecule has 1 aromatic heterocycles. The van der Waals surface area contributed by atoms with Crippen LogP contribution in [-0.2, 0) is 6.54 Å². The molecule has 8 nitrogen and oxygen atoms in total. The fraction of sp³-hybridized carbons (Fsp3) is 0.286. The molecule has 3 aromatic rings. The van der Waals surface area contributed by atoms with Gasteiger partial charge in [-0.05, 0) is 73.7 Å². The average molecular weight is 515 g/mol. The van der Waals surface area contributed by atoms with E-state index in [-0.39, 0.29) is 16.9 Å². The summed E-state index contributed by atoms with van der Waals surface area (Å²) in [7, 11) is 0. The summed E-state index contributed by atoms with van der Waals surface area (Å²) in [6.45, 7) is 6.25. The Morgan fingerprint density at radius 1 is 1.14 bits per heavy atom. The van der Waals surface area contributed by atoms with Crippen molar-refractivity contribution in [1.29, 1.82) is 10.5 Å². The summed E-state index contributed by atoms with van der Waals surface area (Å²) < 4.78 is 6.07. The van der Waals surface area contributed by atoms with Crippen molar-refractivity contribution < 1.29 is 9.53 Å². The zero-order chi connectivity index (χ0) is 26.5. The number of anilines is 1. The van der Waals surface area contributed by atoms with E-state index in [1.165, 1.54) is 0 Å². The highest BCUT2D eigenvalue weighted by Crippen LogP contribution is 2.35. The third kappa shape index (κ3) is 6.18. The van der Waals surface area contributed by atoms with Crippen LogP contribution in [0.15, 0.2) is 42.5 Å². The number of piperidine rings is 1. The van der Waals surface area contributed by atoms with Crippen LogP contribution in [0, 0.1) is 36.5 Å². The lowest BCUT2D eigenvalue weighted by molar-refractivity contribution is 0.1000. The van der Waals surface area contributed by atoms with Gasteiger partial charge in [0.15, 0.2) is 0 Å². The topological polar surface area (TPSA) is 128 Å². The summed E-state index contributed by atoms with van der Waals surface area (Å²) in [5.74, 6) is 0.796. The largest absolute Gasteiger partial charge is 0.437 e. The first kappa shape index (κ1) is 26.0. The van der Waals surface area contributed by atoms with Crippen molar-refractivity contribution in [1.82, 2.24) is 9.88 Å². The maximum atomic E-state index is 11.3. The molecule has 0 spiro atoms. The number of rotatable bonds is 7. The number of aryl methyl sites for hydroxylation is 2. The first-order valence-electron chi connectivity index (χ1n) is 11.9. The Kier molecular flexibility index (Phi) is 7.93. The van der Waals surface area contributed by atoms with Gasteiger partial charge in [0, 0.05) is 31.2 Å².